The van der Waals surface area contributed by atoms with Crippen molar-refractivity contribution in [2.45, 2.75) is 55.2 Å². The standard InChI is InChI=1S/C30H36N4O4S.H2/c35-27(32-15-11-23(12-16-32)33-17-10-21-6-4-5-9-25(21)31-30(33)37)20-26-28(36)34(24-7-2-1-3-8-24)29(39-26)22-13-18-38-19-14-22;/h1-9,22-23,26,29H,10-20H2,(H,31,37);1H. The molecule has 0 radical (unpaired) electrons. The number of carbonyl (C=O) groups is 3. The van der Waals surface area contributed by atoms with Crippen LogP contribution in [0, 0.1) is 5.92 Å². The summed E-state index contributed by atoms with van der Waals surface area (Å²) in [7, 11) is 0. The zero-order valence-electron chi connectivity index (χ0n) is 22.2. The molecule has 3 fully saturated rings. The summed E-state index contributed by atoms with van der Waals surface area (Å²) in [6.07, 6.45) is 4.40. The van der Waals surface area contributed by atoms with Gasteiger partial charge in [0.25, 0.3) is 0 Å². The Kier molecular flexibility index (Phi) is 7.79. The third-order valence-corrected chi connectivity index (χ3v) is 10.1. The number of nitrogens with zero attached hydrogens (tertiary/aromatic N) is 3. The molecule has 1 N–H and O–H groups in total. The van der Waals surface area contributed by atoms with Gasteiger partial charge < -0.3 is 19.9 Å². The summed E-state index contributed by atoms with van der Waals surface area (Å²) >= 11 is 1.65. The minimum atomic E-state index is -0.377. The lowest BCUT2D eigenvalue weighted by Crippen LogP contribution is -2.50. The lowest BCUT2D eigenvalue weighted by Gasteiger charge is -2.38. The van der Waals surface area contributed by atoms with E-state index in [2.05, 4.69) is 11.4 Å². The van der Waals surface area contributed by atoms with E-state index in [1.54, 1.807) is 11.8 Å². The fraction of sp³-hybridized carbons (Fsp3) is 0.500. The van der Waals surface area contributed by atoms with E-state index in [1.165, 1.54) is 0 Å². The molecule has 3 saturated heterocycles. The Bertz CT molecular complexity index is 1200. The highest BCUT2D eigenvalue weighted by Crippen LogP contribution is 2.43. The Morgan fingerprint density at radius 2 is 1.67 bits per heavy atom. The van der Waals surface area contributed by atoms with Gasteiger partial charge >= 0.3 is 6.03 Å². The van der Waals surface area contributed by atoms with Crippen molar-refractivity contribution in [2.24, 2.45) is 5.92 Å². The zero-order chi connectivity index (χ0) is 26.8. The number of urea groups is 1. The molecule has 9 heteroatoms. The largest absolute Gasteiger partial charge is 0.381 e. The van der Waals surface area contributed by atoms with Crippen LogP contribution < -0.4 is 10.2 Å². The highest BCUT2D eigenvalue weighted by molar-refractivity contribution is 8.02. The van der Waals surface area contributed by atoms with E-state index in [0.717, 1.165) is 62.3 Å². The van der Waals surface area contributed by atoms with E-state index in [1.807, 2.05) is 63.2 Å². The molecular formula is C30H38N4O4S. The minimum absolute atomic E-state index is 0. The molecule has 4 heterocycles. The molecule has 2 atom stereocenters. The Morgan fingerprint density at radius 1 is 0.949 bits per heavy atom. The highest BCUT2D eigenvalue weighted by atomic mass is 32.2. The molecular weight excluding hydrogens is 512 g/mol. The van der Waals surface area contributed by atoms with Crippen molar-refractivity contribution < 1.29 is 20.5 Å². The number of hydrogen-bond acceptors (Lipinski definition) is 5. The number of para-hydroxylation sites is 2. The van der Waals surface area contributed by atoms with Crippen molar-refractivity contribution in [1.29, 1.82) is 0 Å². The van der Waals surface area contributed by atoms with Crippen molar-refractivity contribution in [3.63, 3.8) is 0 Å². The first-order chi connectivity index (χ1) is 19.1. The second-order valence-corrected chi connectivity index (χ2v) is 12.2. The van der Waals surface area contributed by atoms with E-state index in [0.29, 0.717) is 25.6 Å². The van der Waals surface area contributed by atoms with Crippen LogP contribution in [0.4, 0.5) is 16.2 Å². The molecule has 6 rings (SSSR count). The van der Waals surface area contributed by atoms with Crippen molar-refractivity contribution in [3.05, 3.63) is 60.2 Å². The molecule has 0 saturated carbocycles. The SMILES string of the molecule is O=C(CC1SC(C2CCOCC2)N(c2ccccc2)C1=O)N1CCC(N2CCc3ccccc3NC2=O)CC1.[HH]. The number of hydrogen-bond donors (Lipinski definition) is 1. The van der Waals surface area contributed by atoms with Crippen molar-refractivity contribution in [3.8, 4) is 0 Å². The van der Waals surface area contributed by atoms with E-state index >= 15 is 0 Å². The van der Waals surface area contributed by atoms with Gasteiger partial charge in [0.1, 0.15) is 0 Å². The van der Waals surface area contributed by atoms with Gasteiger partial charge in [-0.1, -0.05) is 36.4 Å². The molecule has 2 aromatic rings. The first-order valence-corrected chi connectivity index (χ1v) is 15.1. The van der Waals surface area contributed by atoms with Crippen molar-refractivity contribution in [2.75, 3.05) is 43.1 Å². The van der Waals surface area contributed by atoms with Gasteiger partial charge in [-0.2, -0.15) is 0 Å². The van der Waals surface area contributed by atoms with Crippen LogP contribution in [-0.2, 0) is 20.7 Å². The van der Waals surface area contributed by atoms with Gasteiger partial charge in [0.15, 0.2) is 0 Å². The normalized spacial score (nSPS) is 24.9. The van der Waals surface area contributed by atoms with Crippen molar-refractivity contribution >= 4 is 41.0 Å². The third kappa shape index (κ3) is 5.52. The number of amides is 4. The summed E-state index contributed by atoms with van der Waals surface area (Å²) in [6, 6.07) is 17.9. The average Bonchev–Trinajstić information content (AvgIpc) is 3.19. The van der Waals surface area contributed by atoms with Crippen LogP contribution in [0.15, 0.2) is 54.6 Å². The number of ether oxygens (including phenoxy) is 1. The number of fused-ring (bicyclic) bond motifs is 1. The summed E-state index contributed by atoms with van der Waals surface area (Å²) in [4.78, 5) is 45.8. The van der Waals surface area contributed by atoms with Crippen LogP contribution in [-0.4, -0.2) is 77.2 Å². The number of thioether (sulfide) groups is 1. The predicted molar refractivity (Wildman–Crippen MR) is 155 cm³/mol. The third-order valence-electron chi connectivity index (χ3n) is 8.53. The Morgan fingerprint density at radius 3 is 2.44 bits per heavy atom. The van der Waals surface area contributed by atoms with Gasteiger partial charge in [-0.15, -0.1) is 11.8 Å². The van der Waals surface area contributed by atoms with E-state index in [9.17, 15) is 14.4 Å². The lowest BCUT2D eigenvalue weighted by atomic mass is 9.98. The van der Waals surface area contributed by atoms with Crippen LogP contribution in [0.5, 0.6) is 0 Å². The first-order valence-electron chi connectivity index (χ1n) is 14.1. The maximum atomic E-state index is 13.7. The number of piperidine rings is 1. The van der Waals surface area contributed by atoms with Crippen LogP contribution >= 0.6 is 11.8 Å². The molecule has 2 unspecified atom stereocenters. The van der Waals surface area contributed by atoms with Crippen molar-refractivity contribution in [1.82, 2.24) is 9.80 Å². The molecule has 2 aromatic carbocycles. The minimum Gasteiger partial charge on any atom is -0.381 e. The predicted octanol–water partition coefficient (Wildman–Crippen LogP) is 4.61. The van der Waals surface area contributed by atoms with Gasteiger partial charge in [0.05, 0.1) is 10.6 Å². The second kappa shape index (κ2) is 11.6. The molecule has 4 amide bonds. The number of likely N-dealkylation sites (tertiary alicyclic amines) is 1. The van der Waals surface area contributed by atoms with E-state index in [-0.39, 0.29) is 42.4 Å². The molecule has 0 aliphatic carbocycles. The molecule has 0 spiro atoms. The van der Waals surface area contributed by atoms with Crippen LogP contribution in [0.3, 0.4) is 0 Å². The number of nitrogens with one attached hydrogen (secondary N) is 1. The summed E-state index contributed by atoms with van der Waals surface area (Å²) in [6.45, 7) is 3.34. The smallest absolute Gasteiger partial charge is 0.322 e. The van der Waals surface area contributed by atoms with Gasteiger partial charge in [-0.3, -0.25) is 14.5 Å². The quantitative estimate of drug-likeness (QED) is 0.588. The maximum Gasteiger partial charge on any atom is 0.322 e. The topological polar surface area (TPSA) is 82.2 Å². The van der Waals surface area contributed by atoms with Crippen LogP contribution in [0.1, 0.15) is 39.1 Å². The lowest BCUT2D eigenvalue weighted by molar-refractivity contribution is -0.134. The Labute approximate surface area is 235 Å². The van der Waals surface area contributed by atoms with E-state index < -0.39 is 0 Å². The van der Waals surface area contributed by atoms with Crippen LogP contribution in [0.25, 0.3) is 0 Å². The average molecular weight is 551 g/mol. The Balaban J connectivity index is 0.00000323. The van der Waals surface area contributed by atoms with E-state index in [4.69, 9.17) is 4.74 Å². The monoisotopic (exact) mass is 550 g/mol. The van der Waals surface area contributed by atoms with Crippen LogP contribution in [0.2, 0.25) is 0 Å². The van der Waals surface area contributed by atoms with Gasteiger partial charge in [0, 0.05) is 58.1 Å². The zero-order valence-corrected chi connectivity index (χ0v) is 23.0. The summed E-state index contributed by atoms with van der Waals surface area (Å²) in [5, 5.41) is 2.71. The first kappa shape index (κ1) is 26.2. The molecule has 0 aromatic heterocycles. The fourth-order valence-electron chi connectivity index (χ4n) is 6.34. The molecule has 39 heavy (non-hydrogen) atoms. The highest BCUT2D eigenvalue weighted by Gasteiger charge is 2.46. The summed E-state index contributed by atoms with van der Waals surface area (Å²) in [5.74, 6) is 0.425. The number of rotatable bonds is 5. The molecule has 208 valence electrons. The summed E-state index contributed by atoms with van der Waals surface area (Å²) < 4.78 is 5.58. The number of anilines is 2. The fourth-order valence-corrected chi connectivity index (χ4v) is 7.99. The van der Waals surface area contributed by atoms with Gasteiger partial charge in [-0.05, 0) is 61.8 Å². The van der Waals surface area contributed by atoms with Gasteiger partial charge in [0.2, 0.25) is 11.8 Å². The summed E-state index contributed by atoms with van der Waals surface area (Å²) in [5.41, 5.74) is 2.95. The molecule has 4 aliphatic heterocycles. The molecule has 4 aliphatic rings. The molecule has 0 bridgehead atoms. The van der Waals surface area contributed by atoms with Gasteiger partial charge in [-0.25, -0.2) is 4.79 Å². The number of benzene rings is 2. The number of carbonyl (C=O) groups excluding carboxylic acids is 3. The molecule has 8 nitrogen and oxygen atoms in total. The second-order valence-electron chi connectivity index (χ2n) is 10.9. The maximum absolute atomic E-state index is 13.7. The Hall–Kier alpha value is -3.04.